The van der Waals surface area contributed by atoms with Crippen LogP contribution in [0.5, 0.6) is 0 Å². The minimum Gasteiger partial charge on any atom is -0.479 e. The number of carbonyl (C=O) groups excluding carboxylic acids is 1. The van der Waals surface area contributed by atoms with Gasteiger partial charge < -0.3 is 19.2 Å². The summed E-state index contributed by atoms with van der Waals surface area (Å²) in [5.41, 5.74) is 0. The fraction of sp³-hybridized carbons (Fsp3) is 0.538. The van der Waals surface area contributed by atoms with E-state index in [1.807, 2.05) is 0 Å². The molecule has 6 heteroatoms. The van der Waals surface area contributed by atoms with E-state index >= 15 is 0 Å². The predicted molar refractivity (Wildman–Crippen MR) is 63.4 cm³/mol. The number of carboxylic acid groups (broad SMARTS) is 1. The summed E-state index contributed by atoms with van der Waals surface area (Å²) >= 11 is 0. The maximum Gasteiger partial charge on any atom is 0.335 e. The van der Waals surface area contributed by atoms with E-state index in [2.05, 4.69) is 0 Å². The number of carboxylic acids is 1. The summed E-state index contributed by atoms with van der Waals surface area (Å²) in [6.07, 6.45) is 0.756. The first kappa shape index (κ1) is 12.2. The van der Waals surface area contributed by atoms with Crippen LogP contribution < -0.4 is 0 Å². The van der Waals surface area contributed by atoms with Crippen LogP contribution >= 0.6 is 0 Å². The predicted octanol–water partition coefficient (Wildman–Crippen LogP) is 1.10. The third-order valence-corrected chi connectivity index (χ3v) is 3.50. The van der Waals surface area contributed by atoms with Gasteiger partial charge in [-0.3, -0.25) is 4.79 Å². The van der Waals surface area contributed by atoms with Crippen molar-refractivity contribution in [2.75, 3.05) is 6.61 Å². The molecule has 0 aromatic carbocycles. The molecular weight excluding hydrogens is 250 g/mol. The molecule has 1 amide bonds. The second kappa shape index (κ2) is 4.38. The average molecular weight is 265 g/mol. The molecule has 2 unspecified atom stereocenters. The number of nitrogens with zero attached hydrogens (tertiary/aromatic N) is 1. The van der Waals surface area contributed by atoms with Crippen molar-refractivity contribution >= 4 is 11.9 Å². The Morgan fingerprint density at radius 1 is 1.42 bits per heavy atom. The van der Waals surface area contributed by atoms with Crippen molar-refractivity contribution in [3.63, 3.8) is 0 Å². The number of furan rings is 1. The molecule has 2 atom stereocenters. The molecule has 0 bridgehead atoms. The van der Waals surface area contributed by atoms with E-state index in [-0.39, 0.29) is 18.6 Å². The minimum absolute atomic E-state index is 0.119. The molecule has 102 valence electrons. The van der Waals surface area contributed by atoms with Gasteiger partial charge in [0.15, 0.2) is 6.10 Å². The van der Waals surface area contributed by atoms with Crippen molar-refractivity contribution in [1.82, 2.24) is 4.90 Å². The lowest BCUT2D eigenvalue weighted by Crippen LogP contribution is -2.52. The average Bonchev–Trinajstić information content (AvgIpc) is 3.10. The lowest BCUT2D eigenvalue weighted by Gasteiger charge is -2.38. The molecule has 1 saturated heterocycles. The SMILES string of the molecule is Cc1ccc(C2C(C(=O)O)OCC(=O)N2C2CC2)o1. The highest BCUT2D eigenvalue weighted by Crippen LogP contribution is 2.39. The second-order valence-corrected chi connectivity index (χ2v) is 5.00. The molecule has 2 aliphatic rings. The lowest BCUT2D eigenvalue weighted by molar-refractivity contribution is -0.175. The van der Waals surface area contributed by atoms with E-state index in [1.54, 1.807) is 24.0 Å². The van der Waals surface area contributed by atoms with Crippen molar-refractivity contribution in [2.45, 2.75) is 38.0 Å². The van der Waals surface area contributed by atoms with Crippen molar-refractivity contribution in [1.29, 1.82) is 0 Å². The molecule has 1 saturated carbocycles. The monoisotopic (exact) mass is 265 g/mol. The van der Waals surface area contributed by atoms with Crippen LogP contribution in [0.4, 0.5) is 0 Å². The van der Waals surface area contributed by atoms with Crippen molar-refractivity contribution < 1.29 is 23.8 Å². The van der Waals surface area contributed by atoms with Crippen LogP contribution in [-0.4, -0.2) is 40.6 Å². The fourth-order valence-electron chi connectivity index (χ4n) is 2.52. The van der Waals surface area contributed by atoms with Gasteiger partial charge in [0, 0.05) is 6.04 Å². The number of hydrogen-bond donors (Lipinski definition) is 1. The van der Waals surface area contributed by atoms with E-state index in [0.29, 0.717) is 11.5 Å². The maximum absolute atomic E-state index is 12.0. The number of hydrogen-bond acceptors (Lipinski definition) is 4. The number of carbonyl (C=O) groups is 2. The number of rotatable bonds is 3. The normalized spacial score (nSPS) is 27.6. The van der Waals surface area contributed by atoms with Gasteiger partial charge in [-0.25, -0.2) is 4.79 Å². The first-order valence-electron chi connectivity index (χ1n) is 6.30. The van der Waals surface area contributed by atoms with Crippen molar-refractivity contribution in [2.24, 2.45) is 0 Å². The Hall–Kier alpha value is -1.82. The largest absolute Gasteiger partial charge is 0.479 e. The number of amides is 1. The summed E-state index contributed by atoms with van der Waals surface area (Å²) < 4.78 is 10.7. The third kappa shape index (κ3) is 2.12. The Bertz CT molecular complexity index is 519. The van der Waals surface area contributed by atoms with Gasteiger partial charge >= 0.3 is 5.97 Å². The van der Waals surface area contributed by atoms with E-state index in [4.69, 9.17) is 9.15 Å². The molecular formula is C13H15NO5. The molecule has 0 spiro atoms. The first-order valence-corrected chi connectivity index (χ1v) is 6.30. The quantitative estimate of drug-likeness (QED) is 0.885. The molecule has 3 rings (SSSR count). The minimum atomic E-state index is -1.07. The number of aryl methyl sites for hydroxylation is 1. The van der Waals surface area contributed by atoms with Crippen LogP contribution in [0.3, 0.4) is 0 Å². The third-order valence-electron chi connectivity index (χ3n) is 3.50. The zero-order valence-electron chi connectivity index (χ0n) is 10.5. The topological polar surface area (TPSA) is 80.0 Å². The molecule has 1 aliphatic heterocycles. The Morgan fingerprint density at radius 2 is 2.16 bits per heavy atom. The van der Waals surface area contributed by atoms with Crippen molar-refractivity contribution in [3.8, 4) is 0 Å². The highest BCUT2D eigenvalue weighted by molar-refractivity contribution is 5.83. The standard InChI is InChI=1S/C13H15NO5/c1-7-2-5-9(19-7)11-12(13(16)17)18-6-10(15)14(11)8-3-4-8/h2,5,8,11-12H,3-4,6H2,1H3,(H,16,17). The molecule has 1 N–H and O–H groups in total. The smallest absolute Gasteiger partial charge is 0.335 e. The molecule has 19 heavy (non-hydrogen) atoms. The van der Waals surface area contributed by atoms with Gasteiger partial charge in [-0.05, 0) is 31.9 Å². The van der Waals surface area contributed by atoms with Crippen molar-refractivity contribution in [3.05, 3.63) is 23.7 Å². The first-order chi connectivity index (χ1) is 9.08. The number of ether oxygens (including phenoxy) is 1. The van der Waals surface area contributed by atoms with E-state index in [0.717, 1.165) is 12.8 Å². The summed E-state index contributed by atoms with van der Waals surface area (Å²) in [4.78, 5) is 25.0. The Labute approximate surface area is 109 Å². The van der Waals surface area contributed by atoms with Crippen LogP contribution in [-0.2, 0) is 14.3 Å². The van der Waals surface area contributed by atoms with E-state index < -0.39 is 18.1 Å². The summed E-state index contributed by atoms with van der Waals surface area (Å²) in [5, 5.41) is 9.28. The Morgan fingerprint density at radius 3 is 2.68 bits per heavy atom. The fourth-order valence-corrected chi connectivity index (χ4v) is 2.52. The molecule has 2 heterocycles. The van der Waals surface area contributed by atoms with Crippen LogP contribution in [0.1, 0.15) is 30.4 Å². The summed E-state index contributed by atoms with van der Waals surface area (Å²) in [6.45, 7) is 1.61. The molecule has 1 aromatic heterocycles. The Balaban J connectivity index is 1.99. The second-order valence-electron chi connectivity index (χ2n) is 5.00. The maximum atomic E-state index is 12.0. The van der Waals surface area contributed by atoms with Gasteiger partial charge in [-0.2, -0.15) is 0 Å². The van der Waals surface area contributed by atoms with Crippen LogP contribution in [0.15, 0.2) is 16.5 Å². The molecule has 1 aliphatic carbocycles. The Kier molecular flexibility index (Phi) is 2.82. The molecule has 6 nitrogen and oxygen atoms in total. The van der Waals surface area contributed by atoms with Gasteiger partial charge in [0.1, 0.15) is 24.2 Å². The van der Waals surface area contributed by atoms with Gasteiger partial charge in [-0.15, -0.1) is 0 Å². The van der Waals surface area contributed by atoms with Gasteiger partial charge in [0.2, 0.25) is 5.91 Å². The van der Waals surface area contributed by atoms with Crippen LogP contribution in [0, 0.1) is 6.92 Å². The zero-order chi connectivity index (χ0) is 13.6. The molecule has 2 fully saturated rings. The highest BCUT2D eigenvalue weighted by Gasteiger charge is 2.48. The number of morpholine rings is 1. The molecule has 0 radical (unpaired) electrons. The summed E-state index contributed by atoms with van der Waals surface area (Å²) in [5.74, 6) is -0.0750. The van der Waals surface area contributed by atoms with E-state index in [1.165, 1.54) is 0 Å². The van der Waals surface area contributed by atoms with Gasteiger partial charge in [0.25, 0.3) is 0 Å². The zero-order valence-corrected chi connectivity index (χ0v) is 10.5. The lowest BCUT2D eigenvalue weighted by atomic mass is 10.0. The van der Waals surface area contributed by atoms with Gasteiger partial charge in [0.05, 0.1) is 0 Å². The molecule has 1 aromatic rings. The summed E-state index contributed by atoms with van der Waals surface area (Å²) in [7, 11) is 0. The summed E-state index contributed by atoms with van der Waals surface area (Å²) in [6, 6.07) is 2.93. The van der Waals surface area contributed by atoms with Crippen LogP contribution in [0.25, 0.3) is 0 Å². The number of aliphatic carboxylic acids is 1. The highest BCUT2D eigenvalue weighted by atomic mass is 16.5. The van der Waals surface area contributed by atoms with E-state index in [9.17, 15) is 14.7 Å². The van der Waals surface area contributed by atoms with Crippen LogP contribution in [0.2, 0.25) is 0 Å². The van der Waals surface area contributed by atoms with Gasteiger partial charge in [-0.1, -0.05) is 0 Å².